The first kappa shape index (κ1) is 19.2. The summed E-state index contributed by atoms with van der Waals surface area (Å²) in [7, 11) is 0. The summed E-state index contributed by atoms with van der Waals surface area (Å²) >= 11 is 6.18. The van der Waals surface area contributed by atoms with E-state index in [0.29, 0.717) is 30.3 Å². The average Bonchev–Trinajstić information content (AvgIpc) is 2.66. The first-order valence-electron chi connectivity index (χ1n) is 9.56. The fourth-order valence-corrected chi connectivity index (χ4v) is 4.40. The second-order valence-corrected chi connectivity index (χ2v) is 7.95. The molecule has 2 aliphatic rings. The quantitative estimate of drug-likeness (QED) is 0.732. The van der Waals surface area contributed by atoms with Gasteiger partial charge in [-0.05, 0) is 49.3 Å². The number of piperidine rings is 1. The molecule has 3 atom stereocenters. The number of hydrogen-bond donors (Lipinski definition) is 3. The molecule has 3 N–H and O–H groups in total. The molecule has 0 radical (unpaired) electrons. The van der Waals surface area contributed by atoms with Gasteiger partial charge in [-0.1, -0.05) is 43.0 Å². The summed E-state index contributed by atoms with van der Waals surface area (Å²) in [6, 6.07) is 7.19. The van der Waals surface area contributed by atoms with Gasteiger partial charge in [-0.3, -0.25) is 9.59 Å². The molecule has 1 aliphatic heterocycles. The highest BCUT2D eigenvalue weighted by molar-refractivity contribution is 6.30. The molecule has 2 fully saturated rings. The molecule has 1 saturated heterocycles. The molecule has 26 heavy (non-hydrogen) atoms. The van der Waals surface area contributed by atoms with Crippen LogP contribution in [0.25, 0.3) is 0 Å². The lowest BCUT2D eigenvalue weighted by atomic mass is 9.80. The van der Waals surface area contributed by atoms with Crippen LogP contribution in [-0.2, 0) is 9.59 Å². The Morgan fingerprint density at radius 1 is 1.15 bits per heavy atom. The Bertz CT molecular complexity index is 638. The molecule has 6 heteroatoms. The highest BCUT2D eigenvalue weighted by Gasteiger charge is 2.32. The van der Waals surface area contributed by atoms with Gasteiger partial charge in [-0.25, -0.2) is 0 Å². The molecule has 1 aromatic rings. The van der Waals surface area contributed by atoms with E-state index in [4.69, 9.17) is 16.7 Å². The van der Waals surface area contributed by atoms with Crippen LogP contribution in [0.5, 0.6) is 0 Å². The van der Waals surface area contributed by atoms with E-state index in [1.165, 1.54) is 19.3 Å². The number of aliphatic carboxylic acids is 1. The van der Waals surface area contributed by atoms with E-state index in [9.17, 15) is 9.59 Å². The topological polar surface area (TPSA) is 78.4 Å². The monoisotopic (exact) mass is 378 g/mol. The van der Waals surface area contributed by atoms with Crippen molar-refractivity contribution >= 4 is 23.5 Å². The Kier molecular flexibility index (Phi) is 6.54. The van der Waals surface area contributed by atoms with Crippen molar-refractivity contribution in [1.82, 2.24) is 10.6 Å². The summed E-state index contributed by atoms with van der Waals surface area (Å²) in [6.45, 7) is 0.412. The summed E-state index contributed by atoms with van der Waals surface area (Å²) in [5, 5.41) is 16.0. The molecule has 1 aliphatic carbocycles. The van der Waals surface area contributed by atoms with Gasteiger partial charge in [0.2, 0.25) is 5.91 Å². The Hall–Kier alpha value is -1.59. The van der Waals surface area contributed by atoms with Crippen molar-refractivity contribution in [3.63, 3.8) is 0 Å². The number of nitrogens with one attached hydrogen (secondary N) is 2. The van der Waals surface area contributed by atoms with Gasteiger partial charge in [0.1, 0.15) is 6.04 Å². The molecule has 0 spiro atoms. The number of amides is 1. The standard InChI is InChI=1S/C20H27ClN2O3/c21-16-8-4-7-14(11-16)18(13-5-2-1-3-6-13)23-19(24)15-9-10-17(20(25)26)22-12-15/h4,7-8,11,13,15,17-18,22H,1-3,5-6,9-10,12H2,(H,23,24)(H,25,26). The second-order valence-electron chi connectivity index (χ2n) is 7.51. The number of carboxylic acid groups (broad SMARTS) is 1. The normalized spacial score (nSPS) is 25.4. The lowest BCUT2D eigenvalue weighted by molar-refractivity contribution is -0.141. The third-order valence-corrected chi connectivity index (χ3v) is 5.95. The molecular formula is C20H27ClN2O3. The van der Waals surface area contributed by atoms with Crippen molar-refractivity contribution < 1.29 is 14.7 Å². The molecule has 5 nitrogen and oxygen atoms in total. The molecule has 1 amide bonds. The lowest BCUT2D eigenvalue weighted by Crippen LogP contribution is -2.49. The van der Waals surface area contributed by atoms with Crippen LogP contribution in [-0.4, -0.2) is 29.6 Å². The van der Waals surface area contributed by atoms with Crippen molar-refractivity contribution in [2.24, 2.45) is 11.8 Å². The van der Waals surface area contributed by atoms with Crippen LogP contribution < -0.4 is 10.6 Å². The molecule has 3 unspecified atom stereocenters. The zero-order valence-electron chi connectivity index (χ0n) is 14.9. The first-order chi connectivity index (χ1) is 12.5. The van der Waals surface area contributed by atoms with Crippen LogP contribution in [0.1, 0.15) is 56.6 Å². The Labute approximate surface area is 159 Å². The molecule has 1 saturated carbocycles. The van der Waals surface area contributed by atoms with E-state index in [-0.39, 0.29) is 17.9 Å². The first-order valence-corrected chi connectivity index (χ1v) is 9.94. The van der Waals surface area contributed by atoms with Gasteiger partial charge in [0.25, 0.3) is 0 Å². The van der Waals surface area contributed by atoms with Crippen LogP contribution in [0.3, 0.4) is 0 Å². The van der Waals surface area contributed by atoms with E-state index < -0.39 is 12.0 Å². The summed E-state index contributed by atoms with van der Waals surface area (Å²) in [5.74, 6) is -0.592. The van der Waals surface area contributed by atoms with Gasteiger partial charge >= 0.3 is 5.97 Å². The van der Waals surface area contributed by atoms with Crippen LogP contribution in [0.2, 0.25) is 5.02 Å². The molecule has 1 aromatic carbocycles. The molecule has 142 valence electrons. The Morgan fingerprint density at radius 2 is 1.92 bits per heavy atom. The predicted molar refractivity (Wildman–Crippen MR) is 101 cm³/mol. The number of carboxylic acids is 1. The largest absolute Gasteiger partial charge is 0.480 e. The van der Waals surface area contributed by atoms with Gasteiger partial charge in [0, 0.05) is 11.6 Å². The summed E-state index contributed by atoms with van der Waals surface area (Å²) < 4.78 is 0. The highest BCUT2D eigenvalue weighted by atomic mass is 35.5. The van der Waals surface area contributed by atoms with E-state index in [1.54, 1.807) is 0 Å². The maximum atomic E-state index is 12.9. The molecule has 1 heterocycles. The molecular weight excluding hydrogens is 352 g/mol. The Morgan fingerprint density at radius 3 is 2.54 bits per heavy atom. The second kappa shape index (κ2) is 8.87. The predicted octanol–water partition coefficient (Wildman–Crippen LogP) is 3.53. The number of halogens is 1. The minimum atomic E-state index is -0.845. The average molecular weight is 379 g/mol. The fraction of sp³-hybridized carbons (Fsp3) is 0.600. The van der Waals surface area contributed by atoms with Crippen molar-refractivity contribution in [1.29, 1.82) is 0 Å². The lowest BCUT2D eigenvalue weighted by Gasteiger charge is -2.34. The van der Waals surface area contributed by atoms with Crippen LogP contribution in [0.4, 0.5) is 0 Å². The summed E-state index contributed by atoms with van der Waals surface area (Å²) in [5.41, 5.74) is 1.06. The van der Waals surface area contributed by atoms with Crippen LogP contribution in [0, 0.1) is 11.8 Å². The minimum Gasteiger partial charge on any atom is -0.480 e. The zero-order chi connectivity index (χ0) is 18.5. The minimum absolute atomic E-state index is 0.0110. The summed E-state index contributed by atoms with van der Waals surface area (Å²) in [4.78, 5) is 23.9. The van der Waals surface area contributed by atoms with E-state index in [2.05, 4.69) is 10.6 Å². The third-order valence-electron chi connectivity index (χ3n) is 5.71. The third kappa shape index (κ3) is 4.77. The number of carbonyl (C=O) groups is 2. The maximum Gasteiger partial charge on any atom is 0.320 e. The fourth-order valence-electron chi connectivity index (χ4n) is 4.20. The van der Waals surface area contributed by atoms with E-state index in [0.717, 1.165) is 18.4 Å². The number of hydrogen-bond acceptors (Lipinski definition) is 3. The molecule has 3 rings (SSSR count). The van der Waals surface area contributed by atoms with E-state index >= 15 is 0 Å². The van der Waals surface area contributed by atoms with E-state index in [1.807, 2.05) is 24.3 Å². The van der Waals surface area contributed by atoms with Gasteiger partial charge < -0.3 is 15.7 Å². The zero-order valence-corrected chi connectivity index (χ0v) is 15.7. The number of benzene rings is 1. The van der Waals surface area contributed by atoms with Crippen molar-refractivity contribution in [2.45, 2.75) is 57.0 Å². The summed E-state index contributed by atoms with van der Waals surface area (Å²) in [6.07, 6.45) is 6.96. The van der Waals surface area contributed by atoms with Crippen molar-refractivity contribution in [3.8, 4) is 0 Å². The van der Waals surface area contributed by atoms with Gasteiger partial charge in [0.05, 0.1) is 12.0 Å². The van der Waals surface area contributed by atoms with Crippen LogP contribution >= 0.6 is 11.6 Å². The molecule has 0 aromatic heterocycles. The number of carbonyl (C=O) groups excluding carboxylic acids is 1. The SMILES string of the molecule is O=C(NC(c1cccc(Cl)c1)C1CCCCC1)C1CCC(C(=O)O)NC1. The molecule has 0 bridgehead atoms. The van der Waals surface area contributed by atoms with Gasteiger partial charge in [-0.2, -0.15) is 0 Å². The Balaban J connectivity index is 1.69. The van der Waals surface area contributed by atoms with Gasteiger partial charge in [0.15, 0.2) is 0 Å². The van der Waals surface area contributed by atoms with Crippen LogP contribution in [0.15, 0.2) is 24.3 Å². The highest BCUT2D eigenvalue weighted by Crippen LogP contribution is 2.35. The smallest absolute Gasteiger partial charge is 0.320 e. The number of rotatable bonds is 5. The van der Waals surface area contributed by atoms with Crippen molar-refractivity contribution in [3.05, 3.63) is 34.9 Å². The van der Waals surface area contributed by atoms with Crippen molar-refractivity contribution in [2.75, 3.05) is 6.54 Å². The van der Waals surface area contributed by atoms with Gasteiger partial charge in [-0.15, -0.1) is 0 Å². The maximum absolute atomic E-state index is 12.9.